The lowest BCUT2D eigenvalue weighted by Gasteiger charge is -2.16. The van der Waals surface area contributed by atoms with E-state index in [2.05, 4.69) is 25.1 Å². The van der Waals surface area contributed by atoms with Crippen LogP contribution in [-0.4, -0.2) is 44.0 Å². The second-order valence-electron chi connectivity index (χ2n) is 9.12. The number of carbonyl (C=O) groups is 2. The second kappa shape index (κ2) is 11.2. The number of nitrogens with one attached hydrogen (secondary N) is 1. The van der Waals surface area contributed by atoms with Gasteiger partial charge in [-0.15, -0.1) is 18.3 Å². The van der Waals surface area contributed by atoms with Crippen molar-refractivity contribution < 1.29 is 31.9 Å². The van der Waals surface area contributed by atoms with Gasteiger partial charge < -0.3 is 10.1 Å². The van der Waals surface area contributed by atoms with E-state index >= 15 is 0 Å². The molecule has 43 heavy (non-hydrogen) atoms. The summed E-state index contributed by atoms with van der Waals surface area (Å²) in [5, 5.41) is 8.72. The molecule has 1 fully saturated rings. The van der Waals surface area contributed by atoms with Gasteiger partial charge in [-0.1, -0.05) is 42.1 Å². The zero-order valence-electron chi connectivity index (χ0n) is 21.7. The summed E-state index contributed by atoms with van der Waals surface area (Å²) in [6.07, 6.45) is -3.49. The van der Waals surface area contributed by atoms with E-state index in [0.29, 0.717) is 11.4 Å². The third-order valence-electron chi connectivity index (χ3n) is 6.25. The highest BCUT2D eigenvalue weighted by molar-refractivity contribution is 8.15. The standard InChI is InChI=1S/C29H18F4N6O3S/c30-23-14-19(26-34-16-38(37-26)20-8-10-22(11-9-20)42-29(31,32)33)6-12-24(23)35-27(41)36-28-39(25(40)15-43-28)21-7-5-17-3-1-2-4-18(17)13-21/h1-14,16H,15H2,(H,35,41)/b36-28-. The van der Waals surface area contributed by atoms with Crippen LogP contribution in [0.15, 0.2) is 96.2 Å². The number of urea groups is 1. The summed E-state index contributed by atoms with van der Waals surface area (Å²) in [5.41, 5.74) is 1.10. The molecule has 0 spiro atoms. The van der Waals surface area contributed by atoms with Crippen molar-refractivity contribution in [1.29, 1.82) is 0 Å². The molecule has 1 N–H and O–H groups in total. The van der Waals surface area contributed by atoms with E-state index in [1.165, 1.54) is 40.2 Å². The molecule has 0 saturated carbocycles. The smallest absolute Gasteiger partial charge is 0.406 e. The molecule has 0 bridgehead atoms. The van der Waals surface area contributed by atoms with Crippen LogP contribution in [0.4, 0.5) is 33.7 Å². The molecule has 5 aromatic rings. The molecule has 1 saturated heterocycles. The summed E-state index contributed by atoms with van der Waals surface area (Å²) in [4.78, 5) is 34.8. The van der Waals surface area contributed by atoms with Crippen LogP contribution in [0.3, 0.4) is 0 Å². The third kappa shape index (κ3) is 6.18. The molecule has 1 aromatic heterocycles. The first-order valence-corrected chi connectivity index (χ1v) is 13.5. The first kappa shape index (κ1) is 27.9. The van der Waals surface area contributed by atoms with Crippen LogP contribution in [0.25, 0.3) is 27.8 Å². The summed E-state index contributed by atoms with van der Waals surface area (Å²) in [5.74, 6) is -1.16. The van der Waals surface area contributed by atoms with Gasteiger partial charge in [-0.25, -0.2) is 18.9 Å². The number of rotatable bonds is 5. The number of amides is 3. The quantitative estimate of drug-likeness (QED) is 0.221. The number of carbonyl (C=O) groups excluding carboxylic acids is 2. The summed E-state index contributed by atoms with van der Waals surface area (Å²) in [6.45, 7) is 0. The van der Waals surface area contributed by atoms with Gasteiger partial charge in [-0.05, 0) is 65.4 Å². The van der Waals surface area contributed by atoms with Crippen LogP contribution in [0, 0.1) is 5.82 Å². The topological polar surface area (TPSA) is 102 Å². The van der Waals surface area contributed by atoms with Crippen LogP contribution in [0.2, 0.25) is 0 Å². The molecule has 0 aliphatic carbocycles. The van der Waals surface area contributed by atoms with Crippen LogP contribution in [-0.2, 0) is 4.79 Å². The molecule has 9 nitrogen and oxygen atoms in total. The van der Waals surface area contributed by atoms with Crippen LogP contribution in [0.1, 0.15) is 0 Å². The minimum Gasteiger partial charge on any atom is -0.406 e. The highest BCUT2D eigenvalue weighted by Gasteiger charge is 2.31. The Morgan fingerprint density at radius 3 is 2.44 bits per heavy atom. The number of fused-ring (bicyclic) bond motifs is 1. The number of alkyl halides is 3. The van der Waals surface area contributed by atoms with E-state index in [1.807, 2.05) is 36.4 Å². The van der Waals surface area contributed by atoms with Crippen molar-refractivity contribution in [3.05, 3.63) is 97.1 Å². The average molecular weight is 607 g/mol. The normalized spacial score (nSPS) is 14.5. The number of ether oxygens (including phenoxy) is 1. The minimum absolute atomic E-state index is 0.104. The summed E-state index contributed by atoms with van der Waals surface area (Å²) in [7, 11) is 0. The maximum Gasteiger partial charge on any atom is 0.573 e. The van der Waals surface area contributed by atoms with E-state index in [9.17, 15) is 27.2 Å². The number of hydrogen-bond donors (Lipinski definition) is 1. The van der Waals surface area contributed by atoms with Crippen molar-refractivity contribution in [3.63, 3.8) is 0 Å². The lowest BCUT2D eigenvalue weighted by Crippen LogP contribution is -2.30. The molecule has 0 atom stereocenters. The van der Waals surface area contributed by atoms with Gasteiger partial charge in [0.2, 0.25) is 5.91 Å². The van der Waals surface area contributed by atoms with E-state index in [1.54, 1.807) is 6.07 Å². The molecule has 2 heterocycles. The molecule has 4 aromatic carbocycles. The number of amidine groups is 1. The van der Waals surface area contributed by atoms with Gasteiger partial charge in [0.25, 0.3) is 0 Å². The van der Waals surface area contributed by atoms with Crippen molar-refractivity contribution in [2.75, 3.05) is 16.0 Å². The van der Waals surface area contributed by atoms with Gasteiger partial charge in [0, 0.05) is 5.56 Å². The van der Waals surface area contributed by atoms with E-state index in [4.69, 9.17) is 0 Å². The molecule has 1 aliphatic rings. The first-order valence-electron chi connectivity index (χ1n) is 12.5. The molecule has 0 unspecified atom stereocenters. The van der Waals surface area contributed by atoms with Gasteiger partial charge in [0.15, 0.2) is 11.0 Å². The van der Waals surface area contributed by atoms with Gasteiger partial charge in [-0.2, -0.15) is 4.99 Å². The maximum absolute atomic E-state index is 15.0. The van der Waals surface area contributed by atoms with E-state index in [0.717, 1.165) is 40.7 Å². The van der Waals surface area contributed by atoms with Crippen molar-refractivity contribution in [2.45, 2.75) is 6.36 Å². The lowest BCUT2D eigenvalue weighted by molar-refractivity contribution is -0.274. The Balaban J connectivity index is 1.16. The average Bonchev–Trinajstić information content (AvgIpc) is 3.60. The fourth-order valence-electron chi connectivity index (χ4n) is 4.32. The molecule has 14 heteroatoms. The maximum atomic E-state index is 15.0. The molecule has 1 aliphatic heterocycles. The van der Waals surface area contributed by atoms with Crippen molar-refractivity contribution in [2.24, 2.45) is 4.99 Å². The van der Waals surface area contributed by atoms with E-state index < -0.39 is 18.2 Å². The Morgan fingerprint density at radius 1 is 0.953 bits per heavy atom. The fourth-order valence-corrected chi connectivity index (χ4v) is 5.19. The van der Waals surface area contributed by atoms with Gasteiger partial charge in [0.1, 0.15) is 17.9 Å². The predicted molar refractivity (Wildman–Crippen MR) is 154 cm³/mol. The molecular formula is C29H18F4N6O3S. The fraction of sp³-hybridized carbons (Fsp3) is 0.0690. The minimum atomic E-state index is -4.81. The lowest BCUT2D eigenvalue weighted by atomic mass is 10.1. The Kier molecular flexibility index (Phi) is 7.27. The first-order chi connectivity index (χ1) is 20.6. The number of halogens is 4. The SMILES string of the molecule is O=C(/N=C1\SCC(=O)N1c1ccc2ccccc2c1)Nc1ccc(-c2ncn(-c3ccc(OC(F)(F)F)cc3)n2)cc1F. The van der Waals surface area contributed by atoms with Crippen molar-refractivity contribution >= 4 is 51.0 Å². The van der Waals surface area contributed by atoms with Gasteiger partial charge >= 0.3 is 12.4 Å². The Labute approximate surface area is 244 Å². The molecular weight excluding hydrogens is 588 g/mol. The third-order valence-corrected chi connectivity index (χ3v) is 7.17. The number of hydrogen-bond acceptors (Lipinski definition) is 6. The number of nitrogens with zero attached hydrogens (tertiary/aromatic N) is 5. The molecule has 6 rings (SSSR count). The largest absolute Gasteiger partial charge is 0.573 e. The van der Waals surface area contributed by atoms with Crippen LogP contribution < -0.4 is 15.0 Å². The number of thioether (sulfide) groups is 1. The summed E-state index contributed by atoms with van der Waals surface area (Å²) < 4.78 is 57.3. The zero-order valence-corrected chi connectivity index (χ0v) is 22.6. The van der Waals surface area contributed by atoms with Crippen molar-refractivity contribution in [3.8, 4) is 22.8 Å². The van der Waals surface area contributed by atoms with Gasteiger partial charge in [0.05, 0.1) is 22.8 Å². The number of aliphatic imine (C=N–C) groups is 1. The Morgan fingerprint density at radius 2 is 1.70 bits per heavy atom. The predicted octanol–water partition coefficient (Wildman–Crippen LogP) is 6.79. The van der Waals surface area contributed by atoms with Crippen molar-refractivity contribution in [1.82, 2.24) is 14.8 Å². The second-order valence-corrected chi connectivity index (χ2v) is 10.1. The number of anilines is 2. The highest BCUT2D eigenvalue weighted by Crippen LogP contribution is 2.30. The van der Waals surface area contributed by atoms with Gasteiger partial charge in [-0.3, -0.25) is 9.69 Å². The van der Waals surface area contributed by atoms with Crippen LogP contribution in [0.5, 0.6) is 5.75 Å². The number of benzene rings is 4. The van der Waals surface area contributed by atoms with Crippen LogP contribution >= 0.6 is 11.8 Å². The Hall–Kier alpha value is -5.24. The molecule has 3 amide bonds. The monoisotopic (exact) mass is 606 g/mol. The molecule has 0 radical (unpaired) electrons. The summed E-state index contributed by atoms with van der Waals surface area (Å²) >= 11 is 1.10. The zero-order chi connectivity index (χ0) is 30.1. The van der Waals surface area contributed by atoms with E-state index in [-0.39, 0.29) is 39.7 Å². The highest BCUT2D eigenvalue weighted by atomic mass is 32.2. The number of aromatic nitrogens is 3. The summed E-state index contributed by atoms with van der Waals surface area (Å²) in [6, 6.07) is 21.2. The Bertz CT molecular complexity index is 1890. The molecule has 216 valence electrons.